The van der Waals surface area contributed by atoms with Crippen LogP contribution in [0.4, 0.5) is 10.1 Å². The van der Waals surface area contributed by atoms with Gasteiger partial charge >= 0.3 is 0 Å². The number of halogens is 2. The van der Waals surface area contributed by atoms with Gasteiger partial charge in [0.15, 0.2) is 0 Å². The van der Waals surface area contributed by atoms with E-state index in [0.29, 0.717) is 11.6 Å². The highest BCUT2D eigenvalue weighted by Gasteiger charge is 2.13. The van der Waals surface area contributed by atoms with E-state index in [4.69, 9.17) is 11.6 Å². The second kappa shape index (κ2) is 5.82. The molecule has 1 aromatic carbocycles. The first kappa shape index (κ1) is 12.9. The van der Waals surface area contributed by atoms with Crippen molar-refractivity contribution in [1.82, 2.24) is 5.32 Å². The van der Waals surface area contributed by atoms with E-state index in [0.717, 1.165) is 0 Å². The third-order valence-electron chi connectivity index (χ3n) is 2.15. The molecule has 0 aliphatic carbocycles. The summed E-state index contributed by atoms with van der Waals surface area (Å²) in [5.74, 6) is -0.979. The molecule has 88 valence electrons. The molecule has 1 aromatic rings. The minimum atomic E-state index is -0.530. The van der Waals surface area contributed by atoms with E-state index >= 15 is 0 Å². The van der Waals surface area contributed by atoms with Crippen molar-refractivity contribution in [1.29, 1.82) is 0 Å². The maximum absolute atomic E-state index is 13.3. The number of hydrogen-bond acceptors (Lipinski definition) is 2. The fourth-order valence-corrected chi connectivity index (χ4v) is 1.40. The third-order valence-corrected chi connectivity index (χ3v) is 2.38. The molecule has 0 heterocycles. The van der Waals surface area contributed by atoms with Gasteiger partial charge < -0.3 is 10.6 Å². The molecule has 1 atom stereocenters. The van der Waals surface area contributed by atoms with E-state index in [-0.39, 0.29) is 17.5 Å². The minimum Gasteiger partial charge on any atom is -0.323 e. The second-order valence-electron chi connectivity index (χ2n) is 3.57. The van der Waals surface area contributed by atoms with E-state index in [9.17, 15) is 9.18 Å². The molecular weight excluding hydrogens is 231 g/mol. The van der Waals surface area contributed by atoms with Crippen molar-refractivity contribution in [3.63, 3.8) is 0 Å². The average Bonchev–Trinajstić information content (AvgIpc) is 2.22. The van der Waals surface area contributed by atoms with E-state index < -0.39 is 5.82 Å². The van der Waals surface area contributed by atoms with Crippen molar-refractivity contribution < 1.29 is 9.18 Å². The van der Waals surface area contributed by atoms with Crippen LogP contribution in [-0.2, 0) is 4.79 Å². The Balaban J connectivity index is 2.69. The van der Waals surface area contributed by atoms with Crippen LogP contribution in [-0.4, -0.2) is 19.5 Å². The summed E-state index contributed by atoms with van der Waals surface area (Å²) < 4.78 is 13.3. The lowest BCUT2D eigenvalue weighted by molar-refractivity contribution is -0.119. The summed E-state index contributed by atoms with van der Waals surface area (Å²) in [7, 11) is 1.76. The van der Waals surface area contributed by atoms with Crippen molar-refractivity contribution in [2.24, 2.45) is 5.92 Å². The Morgan fingerprint density at radius 2 is 2.25 bits per heavy atom. The molecule has 0 spiro atoms. The van der Waals surface area contributed by atoms with E-state index in [2.05, 4.69) is 10.6 Å². The number of rotatable bonds is 4. The SMILES string of the molecule is CNCC(C)C(=O)Nc1ccc(Cl)cc1F. The van der Waals surface area contributed by atoms with Crippen LogP contribution < -0.4 is 10.6 Å². The van der Waals surface area contributed by atoms with Crippen molar-refractivity contribution >= 4 is 23.2 Å². The van der Waals surface area contributed by atoms with Gasteiger partial charge in [-0.25, -0.2) is 4.39 Å². The normalized spacial score (nSPS) is 12.2. The van der Waals surface area contributed by atoms with Gasteiger partial charge in [-0.1, -0.05) is 18.5 Å². The summed E-state index contributed by atoms with van der Waals surface area (Å²) in [6.07, 6.45) is 0. The molecule has 0 aromatic heterocycles. The molecular formula is C11H14ClFN2O. The topological polar surface area (TPSA) is 41.1 Å². The Hall–Kier alpha value is -1.13. The van der Waals surface area contributed by atoms with Crippen LogP contribution in [0, 0.1) is 11.7 Å². The zero-order valence-electron chi connectivity index (χ0n) is 9.18. The first-order valence-corrected chi connectivity index (χ1v) is 5.33. The molecule has 0 aliphatic heterocycles. The van der Waals surface area contributed by atoms with E-state index in [1.165, 1.54) is 18.2 Å². The van der Waals surface area contributed by atoms with Gasteiger partial charge in [0.25, 0.3) is 0 Å². The van der Waals surface area contributed by atoms with Crippen LogP contribution in [0.3, 0.4) is 0 Å². The fourth-order valence-electron chi connectivity index (χ4n) is 1.25. The number of nitrogens with one attached hydrogen (secondary N) is 2. The van der Waals surface area contributed by atoms with Gasteiger partial charge in [0.05, 0.1) is 5.69 Å². The number of amides is 1. The number of carbonyl (C=O) groups excluding carboxylic acids is 1. The molecule has 1 amide bonds. The van der Waals surface area contributed by atoms with Gasteiger partial charge in [-0.15, -0.1) is 0 Å². The molecule has 5 heteroatoms. The standard InChI is InChI=1S/C11H14ClFN2O/c1-7(6-14-2)11(16)15-10-4-3-8(12)5-9(10)13/h3-5,7,14H,6H2,1-2H3,(H,15,16). The maximum Gasteiger partial charge on any atom is 0.228 e. The first-order chi connectivity index (χ1) is 7.54. The summed E-state index contributed by atoms with van der Waals surface area (Å²) in [4.78, 5) is 11.6. The smallest absolute Gasteiger partial charge is 0.228 e. The molecule has 0 radical (unpaired) electrons. The number of anilines is 1. The van der Waals surface area contributed by atoms with Crippen LogP contribution in [0.1, 0.15) is 6.92 Å². The fraction of sp³-hybridized carbons (Fsp3) is 0.364. The number of carbonyl (C=O) groups is 1. The average molecular weight is 245 g/mol. The Labute approximate surface area is 99.0 Å². The van der Waals surface area contributed by atoms with E-state index in [1.807, 2.05) is 0 Å². The highest BCUT2D eigenvalue weighted by Crippen LogP contribution is 2.19. The summed E-state index contributed by atoms with van der Waals surface area (Å²) >= 11 is 5.60. The van der Waals surface area contributed by atoms with Gasteiger partial charge in [0.1, 0.15) is 5.82 Å². The van der Waals surface area contributed by atoms with Crippen LogP contribution in [0.25, 0.3) is 0 Å². The largest absolute Gasteiger partial charge is 0.323 e. The highest BCUT2D eigenvalue weighted by molar-refractivity contribution is 6.30. The molecule has 1 rings (SSSR count). The second-order valence-corrected chi connectivity index (χ2v) is 4.01. The molecule has 2 N–H and O–H groups in total. The summed E-state index contributed by atoms with van der Waals surface area (Å²) in [5.41, 5.74) is 0.150. The molecule has 3 nitrogen and oxygen atoms in total. The van der Waals surface area contributed by atoms with Crippen molar-refractivity contribution in [3.8, 4) is 0 Å². The van der Waals surface area contributed by atoms with Gasteiger partial charge in [-0.3, -0.25) is 4.79 Å². The molecule has 0 saturated heterocycles. The molecule has 1 unspecified atom stereocenters. The maximum atomic E-state index is 13.3. The molecule has 16 heavy (non-hydrogen) atoms. The lowest BCUT2D eigenvalue weighted by atomic mass is 10.1. The van der Waals surface area contributed by atoms with Gasteiger partial charge in [-0.2, -0.15) is 0 Å². The Morgan fingerprint density at radius 1 is 1.56 bits per heavy atom. The van der Waals surface area contributed by atoms with Crippen LogP contribution in [0.15, 0.2) is 18.2 Å². The van der Waals surface area contributed by atoms with Crippen molar-refractivity contribution in [2.75, 3.05) is 18.9 Å². The summed E-state index contributed by atoms with van der Waals surface area (Å²) in [6.45, 7) is 2.31. The van der Waals surface area contributed by atoms with Crippen molar-refractivity contribution in [3.05, 3.63) is 29.0 Å². The molecule has 0 aliphatic rings. The Bertz CT molecular complexity index is 384. The minimum absolute atomic E-state index is 0.150. The van der Waals surface area contributed by atoms with E-state index in [1.54, 1.807) is 14.0 Å². The Morgan fingerprint density at radius 3 is 2.81 bits per heavy atom. The predicted molar refractivity (Wildman–Crippen MR) is 63.1 cm³/mol. The zero-order chi connectivity index (χ0) is 12.1. The third kappa shape index (κ3) is 3.47. The van der Waals surface area contributed by atoms with Gasteiger partial charge in [-0.05, 0) is 25.2 Å². The first-order valence-electron chi connectivity index (χ1n) is 4.95. The number of benzene rings is 1. The lowest BCUT2D eigenvalue weighted by Crippen LogP contribution is -2.28. The predicted octanol–water partition coefficient (Wildman–Crippen LogP) is 2.27. The molecule has 0 bridgehead atoms. The quantitative estimate of drug-likeness (QED) is 0.853. The summed E-state index contributed by atoms with van der Waals surface area (Å²) in [5, 5.41) is 5.70. The monoisotopic (exact) mass is 244 g/mol. The van der Waals surface area contributed by atoms with Crippen molar-refractivity contribution in [2.45, 2.75) is 6.92 Å². The van der Waals surface area contributed by atoms with Crippen LogP contribution in [0.5, 0.6) is 0 Å². The molecule has 0 fully saturated rings. The van der Waals surface area contributed by atoms with Gasteiger partial charge in [0, 0.05) is 17.5 Å². The van der Waals surface area contributed by atoms with Gasteiger partial charge in [0.2, 0.25) is 5.91 Å². The highest BCUT2D eigenvalue weighted by atomic mass is 35.5. The molecule has 0 saturated carbocycles. The Kier molecular flexibility index (Phi) is 4.71. The van der Waals surface area contributed by atoms with Crippen LogP contribution >= 0.6 is 11.6 Å². The number of hydrogen-bond donors (Lipinski definition) is 2. The van der Waals surface area contributed by atoms with Crippen LogP contribution in [0.2, 0.25) is 5.02 Å². The lowest BCUT2D eigenvalue weighted by Gasteiger charge is -2.12. The zero-order valence-corrected chi connectivity index (χ0v) is 9.94. The summed E-state index contributed by atoms with van der Waals surface area (Å²) in [6, 6.07) is 4.14.